The number of carbonyl (C=O) groups excluding carboxylic acids is 4. The first-order valence-corrected chi connectivity index (χ1v) is 14.5. The zero-order chi connectivity index (χ0) is 29.5. The van der Waals surface area contributed by atoms with Crippen molar-refractivity contribution >= 4 is 35.2 Å². The van der Waals surface area contributed by atoms with Crippen LogP contribution in [0.15, 0.2) is 54.6 Å². The fraction of sp³-hybridized carbons (Fsp3) is 0.312. The largest absolute Gasteiger partial charge is 0.466 e. The minimum absolute atomic E-state index is 0.103. The third-order valence-corrected chi connectivity index (χ3v) is 8.79. The summed E-state index contributed by atoms with van der Waals surface area (Å²) in [5, 5.41) is 0.277. The Morgan fingerprint density at radius 1 is 0.692 bits per heavy atom. The molecule has 0 saturated carbocycles. The molecule has 0 bridgehead atoms. The van der Waals surface area contributed by atoms with Gasteiger partial charge in [-0.1, -0.05) is 65.7 Å². The first kappa shape index (κ1) is 31.6. The predicted octanol–water partition coefficient (Wildman–Crippen LogP) is 6.73. The van der Waals surface area contributed by atoms with E-state index in [0.29, 0.717) is 17.7 Å². The highest BCUT2D eigenvalue weighted by Crippen LogP contribution is 2.52. The van der Waals surface area contributed by atoms with Gasteiger partial charge in [-0.25, -0.2) is 0 Å². The van der Waals surface area contributed by atoms with Gasteiger partial charge in [-0.05, 0) is 77.6 Å². The molecule has 206 valence electrons. The highest BCUT2D eigenvalue weighted by atomic mass is 31.2. The summed E-state index contributed by atoms with van der Waals surface area (Å²) >= 11 is 0. The maximum atomic E-state index is 14.5. The molecule has 0 radical (unpaired) electrons. The Balaban J connectivity index is 0.000000510. The van der Waals surface area contributed by atoms with Crippen molar-refractivity contribution in [2.45, 2.75) is 61.8 Å². The van der Waals surface area contributed by atoms with Gasteiger partial charge in [0, 0.05) is 16.4 Å². The monoisotopic (exact) mass is 548 g/mol. The Labute approximate surface area is 231 Å². The van der Waals surface area contributed by atoms with Crippen molar-refractivity contribution in [3.63, 3.8) is 0 Å². The van der Waals surface area contributed by atoms with Gasteiger partial charge in [0.1, 0.15) is 12.2 Å². The minimum Gasteiger partial charge on any atom is -0.466 e. The van der Waals surface area contributed by atoms with Crippen molar-refractivity contribution in [2.24, 2.45) is 0 Å². The number of Topliss-reactive ketones (excluding diaryl/α,β-unsaturated/α-hetero) is 1. The van der Waals surface area contributed by atoms with Crippen LogP contribution in [0.3, 0.4) is 0 Å². The van der Waals surface area contributed by atoms with Crippen LogP contribution in [0.4, 0.5) is 0 Å². The zero-order valence-electron chi connectivity index (χ0n) is 24.0. The van der Waals surface area contributed by atoms with Gasteiger partial charge in [0.25, 0.3) is 0 Å². The van der Waals surface area contributed by atoms with E-state index in [1.165, 1.54) is 6.92 Å². The molecule has 0 spiro atoms. The van der Waals surface area contributed by atoms with Crippen LogP contribution >= 0.6 is 7.14 Å². The first-order valence-electron chi connectivity index (χ1n) is 12.8. The van der Waals surface area contributed by atoms with Crippen LogP contribution in [0.5, 0.6) is 0 Å². The molecule has 0 atom stereocenters. The molecule has 0 aliphatic carbocycles. The summed E-state index contributed by atoms with van der Waals surface area (Å²) in [5.74, 6) is -0.599. The maximum absolute atomic E-state index is 14.5. The summed E-state index contributed by atoms with van der Waals surface area (Å²) in [6, 6.07) is 16.0. The van der Waals surface area contributed by atoms with Crippen molar-refractivity contribution in [3.8, 4) is 0 Å². The molecular formula is C32H37O6P. The summed E-state index contributed by atoms with van der Waals surface area (Å²) in [7, 11) is -4.11. The molecule has 39 heavy (non-hydrogen) atoms. The molecule has 0 saturated heterocycles. The lowest BCUT2D eigenvalue weighted by atomic mass is 10.0. The molecule has 0 aliphatic heterocycles. The van der Waals surface area contributed by atoms with Crippen molar-refractivity contribution in [2.75, 3.05) is 6.61 Å². The lowest BCUT2D eigenvalue weighted by molar-refractivity contribution is -0.145. The molecule has 0 amide bonds. The molecule has 3 aromatic rings. The van der Waals surface area contributed by atoms with Gasteiger partial charge in [0.2, 0.25) is 18.2 Å². The first-order chi connectivity index (χ1) is 18.2. The Morgan fingerprint density at radius 2 is 1.08 bits per heavy atom. The number of rotatable bonds is 8. The highest BCUT2D eigenvalue weighted by molar-refractivity contribution is 8.01. The van der Waals surface area contributed by atoms with E-state index >= 15 is 0 Å². The molecule has 0 heterocycles. The summed E-state index contributed by atoms with van der Waals surface area (Å²) in [4.78, 5) is 48.3. The van der Waals surface area contributed by atoms with Crippen LogP contribution in [0.1, 0.15) is 74.4 Å². The summed E-state index contributed by atoms with van der Waals surface area (Å²) in [6.07, 6.45) is -0.103. The zero-order valence-corrected chi connectivity index (χ0v) is 24.9. The van der Waals surface area contributed by atoms with Gasteiger partial charge in [0.15, 0.2) is 0 Å². The molecule has 7 heteroatoms. The van der Waals surface area contributed by atoms with E-state index in [1.807, 2.05) is 65.8 Å². The fourth-order valence-electron chi connectivity index (χ4n) is 4.73. The smallest absolute Gasteiger partial charge is 0.313 e. The van der Waals surface area contributed by atoms with Crippen LogP contribution in [0.25, 0.3) is 0 Å². The number of ketones is 1. The van der Waals surface area contributed by atoms with Crippen LogP contribution in [-0.2, 0) is 18.9 Å². The molecule has 0 aliphatic rings. The van der Waals surface area contributed by atoms with Gasteiger partial charge in [0.05, 0.1) is 6.61 Å². The highest BCUT2D eigenvalue weighted by Gasteiger charge is 2.44. The maximum Gasteiger partial charge on any atom is 0.313 e. The summed E-state index contributed by atoms with van der Waals surface area (Å²) in [6.45, 7) is 14.6. The van der Waals surface area contributed by atoms with E-state index in [0.717, 1.165) is 33.4 Å². The van der Waals surface area contributed by atoms with Crippen molar-refractivity contribution in [1.29, 1.82) is 0 Å². The Morgan fingerprint density at radius 3 is 1.41 bits per heavy atom. The molecule has 0 aromatic heterocycles. The van der Waals surface area contributed by atoms with Gasteiger partial charge in [-0.3, -0.25) is 19.2 Å². The quantitative estimate of drug-likeness (QED) is 0.176. The van der Waals surface area contributed by atoms with Crippen LogP contribution < -0.4 is 5.30 Å². The second-order valence-corrected chi connectivity index (χ2v) is 12.3. The lowest BCUT2D eigenvalue weighted by Gasteiger charge is -2.21. The summed E-state index contributed by atoms with van der Waals surface area (Å²) < 4.78 is 19.0. The number of carbonyl (C=O) groups is 4. The number of hydrogen-bond donors (Lipinski definition) is 0. The van der Waals surface area contributed by atoms with Gasteiger partial charge in [-0.15, -0.1) is 0 Å². The van der Waals surface area contributed by atoms with E-state index in [2.05, 4.69) is 4.74 Å². The Bertz CT molecular complexity index is 1330. The number of ether oxygens (including phenoxy) is 1. The topological polar surface area (TPSA) is 94.6 Å². The third-order valence-electron chi connectivity index (χ3n) is 6.17. The van der Waals surface area contributed by atoms with Crippen molar-refractivity contribution < 1.29 is 28.5 Å². The van der Waals surface area contributed by atoms with Crippen molar-refractivity contribution in [3.05, 3.63) is 99.1 Å². The number of esters is 1. The molecular weight excluding hydrogens is 511 g/mol. The molecule has 3 aromatic carbocycles. The van der Waals surface area contributed by atoms with Gasteiger partial charge < -0.3 is 9.30 Å². The van der Waals surface area contributed by atoms with E-state index in [-0.39, 0.29) is 17.5 Å². The second kappa shape index (κ2) is 13.4. The number of benzene rings is 3. The SMILES string of the molecule is CCOC(=O)CC(C)=O.Cc1cc(C)c(C(=O)P(=O)(C(=O)c2c(C)cc(C)cc2C)c2ccccc2)c(C)c1. The fourth-order valence-corrected chi connectivity index (χ4v) is 7.31. The lowest BCUT2D eigenvalue weighted by Crippen LogP contribution is -2.23. The van der Waals surface area contributed by atoms with Crippen LogP contribution in [-0.4, -0.2) is 29.4 Å². The Kier molecular flexibility index (Phi) is 10.9. The average molecular weight is 549 g/mol. The normalized spacial score (nSPS) is 10.8. The van der Waals surface area contributed by atoms with Gasteiger partial charge >= 0.3 is 5.97 Å². The second-order valence-electron chi connectivity index (χ2n) is 9.79. The predicted molar refractivity (Wildman–Crippen MR) is 156 cm³/mol. The molecule has 6 nitrogen and oxygen atoms in total. The minimum atomic E-state index is -4.11. The standard InChI is InChI=1S/C26H27O3P.C6H10O3/c1-16-12-18(3)23(19(4)13-16)25(27)30(29,22-10-8-7-9-11-22)26(28)24-20(5)14-17(2)15-21(24)6;1-3-9-6(8)4-5(2)7/h7-15H,1-6H3;3-4H2,1-2H3. The Hall–Kier alpha value is -3.63. The molecule has 0 unspecified atom stereocenters. The van der Waals surface area contributed by atoms with Crippen molar-refractivity contribution in [1.82, 2.24) is 0 Å². The molecule has 0 N–H and O–H groups in total. The van der Waals surface area contributed by atoms with Crippen LogP contribution in [0, 0.1) is 41.5 Å². The number of hydrogen-bond acceptors (Lipinski definition) is 6. The van der Waals surface area contributed by atoms with Gasteiger partial charge in [-0.2, -0.15) is 0 Å². The summed E-state index contributed by atoms with van der Waals surface area (Å²) in [5.41, 5.74) is 4.56. The third kappa shape index (κ3) is 7.48. The average Bonchev–Trinajstić information content (AvgIpc) is 2.82. The van der Waals surface area contributed by atoms with E-state index < -0.39 is 24.2 Å². The molecule has 3 rings (SSSR count). The van der Waals surface area contributed by atoms with E-state index in [1.54, 1.807) is 37.3 Å². The number of aryl methyl sites for hydroxylation is 6. The molecule has 0 fully saturated rings. The van der Waals surface area contributed by atoms with E-state index in [9.17, 15) is 23.7 Å². The van der Waals surface area contributed by atoms with E-state index in [4.69, 9.17) is 0 Å². The van der Waals surface area contributed by atoms with Crippen LogP contribution in [0.2, 0.25) is 0 Å².